The summed E-state index contributed by atoms with van der Waals surface area (Å²) >= 11 is 3.18. The van der Waals surface area contributed by atoms with Gasteiger partial charge in [-0.2, -0.15) is 5.10 Å². The molecular weight excluding hydrogens is 246 g/mol. The van der Waals surface area contributed by atoms with E-state index in [1.807, 2.05) is 4.68 Å². The summed E-state index contributed by atoms with van der Waals surface area (Å²) in [5.41, 5.74) is 0.779. The van der Waals surface area contributed by atoms with Crippen molar-refractivity contribution in [1.82, 2.24) is 14.8 Å². The monoisotopic (exact) mass is 255 g/mol. The van der Waals surface area contributed by atoms with Gasteiger partial charge in [-0.15, -0.1) is 0 Å². The third-order valence-corrected chi connectivity index (χ3v) is 2.66. The molecule has 0 amide bonds. The number of fused-ring (bicyclic) bond motifs is 1. The second-order valence-corrected chi connectivity index (χ2v) is 3.95. The van der Waals surface area contributed by atoms with E-state index in [-0.39, 0.29) is 5.43 Å². The van der Waals surface area contributed by atoms with Crippen molar-refractivity contribution in [3.05, 3.63) is 27.1 Å². The fourth-order valence-electron chi connectivity index (χ4n) is 1.41. The van der Waals surface area contributed by atoms with E-state index in [9.17, 15) is 4.79 Å². The average Bonchev–Trinajstić information content (AvgIpc) is 2.57. The van der Waals surface area contributed by atoms with Crippen LogP contribution < -0.4 is 5.43 Å². The van der Waals surface area contributed by atoms with Gasteiger partial charge in [0.05, 0.1) is 16.1 Å². The average molecular weight is 256 g/mol. The van der Waals surface area contributed by atoms with Crippen molar-refractivity contribution in [2.24, 2.45) is 0 Å². The highest BCUT2D eigenvalue weighted by atomic mass is 79.9. The molecule has 0 aliphatic heterocycles. The Labute approximate surface area is 89.1 Å². The largest absolute Gasteiger partial charge is 0.345 e. The fourth-order valence-corrected chi connectivity index (χ4v) is 1.74. The maximum absolute atomic E-state index is 11.6. The highest BCUT2D eigenvalue weighted by Gasteiger charge is 2.07. The number of halogens is 1. The van der Waals surface area contributed by atoms with Crippen LogP contribution in [0.3, 0.4) is 0 Å². The second-order valence-electron chi connectivity index (χ2n) is 3.10. The Morgan fingerprint density at radius 1 is 1.64 bits per heavy atom. The van der Waals surface area contributed by atoms with Crippen LogP contribution in [-0.4, -0.2) is 14.8 Å². The van der Waals surface area contributed by atoms with Crippen LogP contribution in [0.4, 0.5) is 0 Å². The molecule has 0 unspecified atom stereocenters. The standard InChI is InChI=1S/C9H10BrN3O/c1-2-3-13-9-6(4-12-13)8(14)7(10)5-11-9/h4-5H,2-3H2,1H3,(H,11,14). The summed E-state index contributed by atoms with van der Waals surface area (Å²) in [6.45, 7) is 2.89. The molecule has 2 aromatic rings. The van der Waals surface area contributed by atoms with Gasteiger partial charge in [-0.1, -0.05) is 6.92 Å². The molecule has 0 saturated heterocycles. The van der Waals surface area contributed by atoms with E-state index in [4.69, 9.17) is 0 Å². The van der Waals surface area contributed by atoms with Crippen LogP contribution in [0.15, 0.2) is 21.7 Å². The van der Waals surface area contributed by atoms with Crippen molar-refractivity contribution in [3.63, 3.8) is 0 Å². The first kappa shape index (κ1) is 9.45. The summed E-state index contributed by atoms with van der Waals surface area (Å²) in [5.74, 6) is 0. The summed E-state index contributed by atoms with van der Waals surface area (Å²) in [7, 11) is 0. The number of nitrogens with one attached hydrogen (secondary N) is 1. The Morgan fingerprint density at radius 3 is 3.14 bits per heavy atom. The van der Waals surface area contributed by atoms with Crippen molar-refractivity contribution in [2.75, 3.05) is 0 Å². The molecule has 0 spiro atoms. The van der Waals surface area contributed by atoms with Gasteiger partial charge in [0.25, 0.3) is 0 Å². The SMILES string of the molecule is CCCn1ncc2c(=O)c(Br)c[nH]c21. The molecule has 4 nitrogen and oxygen atoms in total. The lowest BCUT2D eigenvalue weighted by atomic mass is 10.3. The maximum Gasteiger partial charge on any atom is 0.206 e. The minimum atomic E-state index is -0.0129. The minimum Gasteiger partial charge on any atom is -0.345 e. The molecule has 0 fully saturated rings. The molecule has 5 heteroatoms. The normalized spacial score (nSPS) is 11.0. The smallest absolute Gasteiger partial charge is 0.206 e. The Hall–Kier alpha value is -1.10. The van der Waals surface area contributed by atoms with Gasteiger partial charge < -0.3 is 4.98 Å². The van der Waals surface area contributed by atoms with Crippen LogP contribution in [0.25, 0.3) is 11.0 Å². The molecule has 2 aromatic heterocycles. The van der Waals surface area contributed by atoms with E-state index in [0.29, 0.717) is 9.86 Å². The molecule has 2 rings (SSSR count). The number of pyridine rings is 1. The zero-order valence-corrected chi connectivity index (χ0v) is 9.34. The molecule has 14 heavy (non-hydrogen) atoms. The first-order valence-electron chi connectivity index (χ1n) is 4.46. The van der Waals surface area contributed by atoms with E-state index in [0.717, 1.165) is 18.6 Å². The first-order valence-corrected chi connectivity index (χ1v) is 5.26. The van der Waals surface area contributed by atoms with E-state index in [1.54, 1.807) is 12.4 Å². The number of hydrogen-bond donors (Lipinski definition) is 1. The van der Waals surface area contributed by atoms with Gasteiger partial charge in [0.2, 0.25) is 5.43 Å². The summed E-state index contributed by atoms with van der Waals surface area (Å²) in [6, 6.07) is 0. The number of rotatable bonds is 2. The summed E-state index contributed by atoms with van der Waals surface area (Å²) in [4.78, 5) is 14.7. The van der Waals surface area contributed by atoms with Crippen LogP contribution in [0.1, 0.15) is 13.3 Å². The predicted molar refractivity (Wildman–Crippen MR) is 58.3 cm³/mol. The third kappa shape index (κ3) is 1.37. The quantitative estimate of drug-likeness (QED) is 0.892. The number of H-pyrrole nitrogens is 1. The van der Waals surface area contributed by atoms with Crippen LogP contribution >= 0.6 is 15.9 Å². The molecule has 1 N–H and O–H groups in total. The summed E-state index contributed by atoms with van der Waals surface area (Å²) < 4.78 is 2.35. The Morgan fingerprint density at radius 2 is 2.43 bits per heavy atom. The van der Waals surface area contributed by atoms with Gasteiger partial charge in [0.15, 0.2) is 0 Å². The van der Waals surface area contributed by atoms with Crippen molar-refractivity contribution in [3.8, 4) is 0 Å². The summed E-state index contributed by atoms with van der Waals surface area (Å²) in [5, 5.41) is 4.78. The van der Waals surface area contributed by atoms with Crippen molar-refractivity contribution >= 4 is 27.0 Å². The molecule has 74 valence electrons. The number of hydrogen-bond acceptors (Lipinski definition) is 2. The van der Waals surface area contributed by atoms with Crippen molar-refractivity contribution < 1.29 is 0 Å². The van der Waals surface area contributed by atoms with Gasteiger partial charge in [-0.05, 0) is 22.4 Å². The van der Waals surface area contributed by atoms with E-state index in [1.165, 1.54) is 0 Å². The maximum atomic E-state index is 11.6. The van der Waals surface area contributed by atoms with Gasteiger partial charge in [-0.25, -0.2) is 4.68 Å². The number of aromatic nitrogens is 3. The lowest BCUT2D eigenvalue weighted by Crippen LogP contribution is -2.05. The second kappa shape index (κ2) is 3.57. The van der Waals surface area contributed by atoms with E-state index < -0.39 is 0 Å². The highest BCUT2D eigenvalue weighted by molar-refractivity contribution is 9.10. The number of aromatic amines is 1. The fraction of sp³-hybridized carbons (Fsp3) is 0.333. The Kier molecular flexibility index (Phi) is 2.41. The van der Waals surface area contributed by atoms with Crippen LogP contribution in [-0.2, 0) is 6.54 Å². The molecule has 0 aromatic carbocycles. The topological polar surface area (TPSA) is 50.7 Å². The van der Waals surface area contributed by atoms with Crippen LogP contribution in [0.5, 0.6) is 0 Å². The molecule has 0 radical (unpaired) electrons. The van der Waals surface area contributed by atoms with Gasteiger partial charge >= 0.3 is 0 Å². The van der Waals surface area contributed by atoms with Crippen molar-refractivity contribution in [2.45, 2.75) is 19.9 Å². The number of nitrogens with zero attached hydrogens (tertiary/aromatic N) is 2. The molecule has 0 bridgehead atoms. The Bertz CT molecular complexity index is 514. The summed E-state index contributed by atoms with van der Waals surface area (Å²) in [6.07, 6.45) is 4.25. The lowest BCUT2D eigenvalue weighted by molar-refractivity contribution is 0.617. The van der Waals surface area contributed by atoms with Crippen LogP contribution in [0.2, 0.25) is 0 Å². The predicted octanol–water partition coefficient (Wildman–Crippen LogP) is 1.90. The molecule has 0 saturated carbocycles. The minimum absolute atomic E-state index is 0.0129. The molecule has 0 atom stereocenters. The molecule has 0 aliphatic carbocycles. The lowest BCUT2D eigenvalue weighted by Gasteiger charge is -1.99. The van der Waals surface area contributed by atoms with Gasteiger partial charge in [0.1, 0.15) is 5.65 Å². The number of aryl methyl sites for hydroxylation is 1. The zero-order chi connectivity index (χ0) is 10.1. The molecule has 2 heterocycles. The van der Waals surface area contributed by atoms with E-state index >= 15 is 0 Å². The van der Waals surface area contributed by atoms with Gasteiger partial charge in [-0.3, -0.25) is 4.79 Å². The highest BCUT2D eigenvalue weighted by Crippen LogP contribution is 2.10. The van der Waals surface area contributed by atoms with Crippen LogP contribution in [0, 0.1) is 0 Å². The Balaban J connectivity index is 2.71. The molecular formula is C9H10BrN3O. The van der Waals surface area contributed by atoms with E-state index in [2.05, 4.69) is 32.9 Å². The zero-order valence-electron chi connectivity index (χ0n) is 7.75. The molecule has 0 aliphatic rings. The first-order chi connectivity index (χ1) is 6.74. The van der Waals surface area contributed by atoms with Gasteiger partial charge in [0, 0.05) is 12.7 Å². The third-order valence-electron chi connectivity index (χ3n) is 2.07. The van der Waals surface area contributed by atoms with Crippen molar-refractivity contribution in [1.29, 1.82) is 0 Å².